The van der Waals surface area contributed by atoms with E-state index in [1.165, 1.54) is 43.5 Å². The lowest BCUT2D eigenvalue weighted by Crippen LogP contribution is -2.04. The number of fused-ring (bicyclic) bond motifs is 1. The van der Waals surface area contributed by atoms with E-state index in [0.29, 0.717) is 23.0 Å². The fourth-order valence-electron chi connectivity index (χ4n) is 3.83. The average molecular weight is 616 g/mol. The Morgan fingerprint density at radius 3 is 2.02 bits per heavy atom. The summed E-state index contributed by atoms with van der Waals surface area (Å²) in [7, 11) is -8.52. The number of nitrogens with two attached hydrogens (primary N) is 1. The van der Waals surface area contributed by atoms with Gasteiger partial charge in [0.05, 0.1) is 40.0 Å². The van der Waals surface area contributed by atoms with Crippen molar-refractivity contribution in [2.75, 3.05) is 12.8 Å². The summed E-state index contributed by atoms with van der Waals surface area (Å²) in [4.78, 5) is 9.33. The summed E-state index contributed by atoms with van der Waals surface area (Å²) in [5.74, 6) is -1.71. The maximum absolute atomic E-state index is 12.1. The minimum absolute atomic E-state index is 0.0929. The Hall–Kier alpha value is -4.97. The van der Waals surface area contributed by atoms with Crippen LogP contribution in [0.4, 0.5) is 28.4 Å². The molecule has 0 fully saturated rings. The number of methoxy groups -OCH3 is 1. The van der Waals surface area contributed by atoms with Crippen molar-refractivity contribution in [3.05, 3.63) is 65.7 Å². The molecule has 4 rings (SSSR count). The highest BCUT2D eigenvalue weighted by molar-refractivity contribution is 7.86. The third-order valence-corrected chi connectivity index (χ3v) is 7.62. The number of carboxylic acid groups (broad SMARTS) is 1. The highest BCUT2D eigenvalue weighted by Gasteiger charge is 2.24. The molecule has 0 aliphatic rings. The van der Waals surface area contributed by atoms with Crippen molar-refractivity contribution in [3.8, 4) is 11.5 Å². The Balaban J connectivity index is 1.78. The fraction of sp³-hybridized carbons (Fsp3) is 0.0800. The Bertz CT molecular complexity index is 2030. The second-order valence-corrected chi connectivity index (χ2v) is 11.5. The quantitative estimate of drug-likeness (QED) is 0.0943. The van der Waals surface area contributed by atoms with Crippen LogP contribution in [0.15, 0.2) is 84.8 Å². The molecule has 0 aliphatic carbocycles. The maximum Gasteiger partial charge on any atom is 0.335 e. The van der Waals surface area contributed by atoms with Crippen LogP contribution in [-0.4, -0.2) is 49.2 Å². The van der Waals surface area contributed by atoms with Gasteiger partial charge >= 0.3 is 5.97 Å². The van der Waals surface area contributed by atoms with Crippen LogP contribution in [-0.2, 0) is 20.2 Å². The van der Waals surface area contributed by atoms with Crippen LogP contribution in [0.2, 0.25) is 0 Å². The van der Waals surface area contributed by atoms with E-state index in [2.05, 4.69) is 20.5 Å². The smallest absolute Gasteiger partial charge is 0.335 e. The number of phenols is 1. The molecule has 0 atom stereocenters. The van der Waals surface area contributed by atoms with Crippen molar-refractivity contribution in [1.82, 2.24) is 0 Å². The van der Waals surface area contributed by atoms with Crippen molar-refractivity contribution >= 4 is 65.4 Å². The van der Waals surface area contributed by atoms with Gasteiger partial charge < -0.3 is 20.7 Å². The molecule has 15 nitrogen and oxygen atoms in total. The summed E-state index contributed by atoms with van der Waals surface area (Å²) in [5.41, 5.74) is 7.08. The van der Waals surface area contributed by atoms with Gasteiger partial charge in [-0.15, -0.1) is 10.2 Å². The van der Waals surface area contributed by atoms with Gasteiger partial charge in [-0.05, 0) is 55.0 Å². The number of anilines is 1. The molecule has 0 aliphatic heterocycles. The molecule has 0 unspecified atom stereocenters. The van der Waals surface area contributed by atoms with Gasteiger partial charge in [0.1, 0.15) is 27.8 Å². The number of phenolic OH excluding ortho intramolecular Hbond substituents is 1. The summed E-state index contributed by atoms with van der Waals surface area (Å²) in [6.45, 7) is 1.69. The Labute approximate surface area is 238 Å². The lowest BCUT2D eigenvalue weighted by Gasteiger charge is -2.12. The van der Waals surface area contributed by atoms with E-state index in [0.717, 1.165) is 12.1 Å². The highest BCUT2D eigenvalue weighted by atomic mass is 32.2. The Morgan fingerprint density at radius 2 is 1.45 bits per heavy atom. The Morgan fingerprint density at radius 1 is 0.833 bits per heavy atom. The number of azo groups is 2. The predicted octanol–water partition coefficient (Wildman–Crippen LogP) is 5.47. The standard InChI is InChI=1S/C25H21N5O10S2/c1-12-7-18(21(40-2)10-17(12)28-27-14-5-3-13(4-6-14)25(32)33)29-30-19-11-22(42(37,38)39)16-8-15(41(34,35)36)9-20(31)23(16)24(19)26/h3-11,31H,26H2,1-2H3,(H,32,33)(H,34,35,36)(H,37,38,39). The molecule has 0 bridgehead atoms. The molecule has 218 valence electrons. The first-order valence-electron chi connectivity index (χ1n) is 11.5. The minimum atomic E-state index is -5.01. The summed E-state index contributed by atoms with van der Waals surface area (Å²) < 4.78 is 71.9. The van der Waals surface area contributed by atoms with Gasteiger partial charge in [0.15, 0.2) is 0 Å². The van der Waals surface area contributed by atoms with Crippen molar-refractivity contribution < 1.29 is 45.7 Å². The number of aromatic hydroxyl groups is 1. The van der Waals surface area contributed by atoms with Crippen molar-refractivity contribution in [3.63, 3.8) is 0 Å². The van der Waals surface area contributed by atoms with Crippen LogP contribution in [0.3, 0.4) is 0 Å². The molecule has 0 aromatic heterocycles. The van der Waals surface area contributed by atoms with E-state index in [4.69, 9.17) is 15.6 Å². The summed E-state index contributed by atoms with van der Waals surface area (Å²) >= 11 is 0. The van der Waals surface area contributed by atoms with Crippen LogP contribution in [0, 0.1) is 6.92 Å². The van der Waals surface area contributed by atoms with Gasteiger partial charge in [-0.1, -0.05) is 0 Å². The van der Waals surface area contributed by atoms with Gasteiger partial charge in [0, 0.05) is 17.5 Å². The topological polar surface area (TPSA) is 251 Å². The number of hydrogen-bond acceptors (Lipinski definition) is 12. The summed E-state index contributed by atoms with van der Waals surface area (Å²) in [6.07, 6.45) is 0. The number of hydrogen-bond donors (Lipinski definition) is 5. The molecule has 0 spiro atoms. The average Bonchev–Trinajstić information content (AvgIpc) is 2.90. The van der Waals surface area contributed by atoms with E-state index in [1.807, 2.05) is 0 Å². The molecule has 0 amide bonds. The zero-order valence-electron chi connectivity index (χ0n) is 21.6. The second-order valence-electron chi connectivity index (χ2n) is 8.69. The number of rotatable bonds is 8. The maximum atomic E-state index is 12.1. The van der Waals surface area contributed by atoms with Crippen molar-refractivity contribution in [1.29, 1.82) is 0 Å². The largest absolute Gasteiger partial charge is 0.507 e. The molecular weight excluding hydrogens is 594 g/mol. The number of carboxylic acids is 1. The number of benzene rings is 4. The predicted molar refractivity (Wildman–Crippen MR) is 149 cm³/mol. The molecular formula is C25H21N5O10S2. The Kier molecular flexibility index (Phi) is 7.95. The third-order valence-electron chi connectivity index (χ3n) is 5.90. The molecule has 0 saturated carbocycles. The fourth-order valence-corrected chi connectivity index (χ4v) is 5.06. The summed E-state index contributed by atoms with van der Waals surface area (Å²) in [5, 5.41) is 34.9. The number of ether oxygens (including phenoxy) is 1. The number of aryl methyl sites for hydroxylation is 1. The van der Waals surface area contributed by atoms with Gasteiger partial charge in [-0.25, -0.2) is 4.79 Å². The summed E-state index contributed by atoms with van der Waals surface area (Å²) in [6, 6.07) is 11.0. The van der Waals surface area contributed by atoms with E-state index >= 15 is 0 Å². The zero-order chi connectivity index (χ0) is 31.0. The number of aromatic carboxylic acids is 1. The van der Waals surface area contributed by atoms with Gasteiger partial charge in [0.25, 0.3) is 20.2 Å². The van der Waals surface area contributed by atoms with Gasteiger partial charge in [-0.3, -0.25) is 9.11 Å². The van der Waals surface area contributed by atoms with Crippen LogP contribution >= 0.6 is 0 Å². The van der Waals surface area contributed by atoms with Crippen molar-refractivity contribution in [2.24, 2.45) is 20.5 Å². The van der Waals surface area contributed by atoms with E-state index < -0.39 is 47.1 Å². The molecule has 4 aromatic rings. The minimum Gasteiger partial charge on any atom is -0.507 e. The first kappa shape index (κ1) is 30.0. The van der Waals surface area contributed by atoms with E-state index in [9.17, 15) is 35.8 Å². The number of nitrogens with zero attached hydrogens (tertiary/aromatic N) is 4. The van der Waals surface area contributed by atoms with E-state index in [-0.39, 0.29) is 33.8 Å². The molecule has 42 heavy (non-hydrogen) atoms. The molecule has 0 heterocycles. The number of nitrogen functional groups attached to an aromatic ring is 1. The monoisotopic (exact) mass is 615 g/mol. The molecule has 0 radical (unpaired) electrons. The van der Waals surface area contributed by atoms with Crippen LogP contribution in [0.25, 0.3) is 10.8 Å². The van der Waals surface area contributed by atoms with Crippen molar-refractivity contribution in [2.45, 2.75) is 16.7 Å². The lowest BCUT2D eigenvalue weighted by atomic mass is 10.1. The molecule has 17 heteroatoms. The van der Waals surface area contributed by atoms with Crippen LogP contribution < -0.4 is 10.5 Å². The molecule has 4 aromatic carbocycles. The highest BCUT2D eigenvalue weighted by Crippen LogP contribution is 2.43. The van der Waals surface area contributed by atoms with Gasteiger partial charge in [-0.2, -0.15) is 27.1 Å². The molecule has 6 N–H and O–H groups in total. The third kappa shape index (κ3) is 6.18. The lowest BCUT2D eigenvalue weighted by molar-refractivity contribution is 0.0697. The number of carbonyl (C=O) groups is 1. The van der Waals surface area contributed by atoms with Crippen LogP contribution in [0.5, 0.6) is 11.5 Å². The SMILES string of the molecule is COc1cc(N=Nc2ccc(C(=O)O)cc2)c(C)cc1N=Nc1cc(S(=O)(=O)O)c2cc(S(=O)(=O)O)cc(O)c2c1N. The van der Waals surface area contributed by atoms with E-state index in [1.54, 1.807) is 6.92 Å². The normalized spacial score (nSPS) is 12.4. The zero-order valence-corrected chi connectivity index (χ0v) is 23.3. The second kappa shape index (κ2) is 11.1. The molecule has 0 saturated heterocycles. The van der Waals surface area contributed by atoms with Crippen LogP contribution in [0.1, 0.15) is 15.9 Å². The first-order chi connectivity index (χ1) is 19.6. The first-order valence-corrected chi connectivity index (χ1v) is 14.4. The van der Waals surface area contributed by atoms with Gasteiger partial charge in [0.2, 0.25) is 0 Å².